The van der Waals surface area contributed by atoms with Crippen molar-refractivity contribution in [3.8, 4) is 0 Å². The monoisotopic (exact) mass is 280 g/mol. The highest BCUT2D eigenvalue weighted by Gasteiger charge is 2.20. The van der Waals surface area contributed by atoms with Crippen LogP contribution in [-0.2, 0) is 17.7 Å². The Morgan fingerprint density at radius 2 is 2.26 bits per heavy atom. The molecule has 0 aromatic carbocycles. The fourth-order valence-corrected chi connectivity index (χ4v) is 2.45. The highest BCUT2D eigenvalue weighted by Crippen LogP contribution is 2.19. The van der Waals surface area contributed by atoms with E-state index >= 15 is 0 Å². The Balaban J connectivity index is 2.38. The van der Waals surface area contributed by atoms with Gasteiger partial charge in [0, 0.05) is 11.8 Å². The number of nitrogens with two attached hydrogens (primary N) is 1. The standard InChI is InChI=1S/C12H16N4O2S/c1-4-9-15-10(12(17)18-3)11(13)16(9)5-8-6-19-7(2)14-8/h6H,4-5,13H2,1-3H3. The number of carbonyl (C=O) groups excluding carboxylic acids is 1. The van der Waals surface area contributed by atoms with Gasteiger partial charge in [-0.2, -0.15) is 0 Å². The second kappa shape index (κ2) is 5.40. The van der Waals surface area contributed by atoms with E-state index in [1.54, 1.807) is 15.9 Å². The summed E-state index contributed by atoms with van der Waals surface area (Å²) in [6, 6.07) is 0. The molecule has 102 valence electrons. The van der Waals surface area contributed by atoms with Gasteiger partial charge in [0.05, 0.1) is 24.4 Å². The average Bonchev–Trinajstić information content (AvgIpc) is 2.94. The van der Waals surface area contributed by atoms with Crippen molar-refractivity contribution < 1.29 is 9.53 Å². The fourth-order valence-electron chi connectivity index (χ4n) is 1.85. The van der Waals surface area contributed by atoms with Crippen LogP contribution in [0.4, 0.5) is 5.82 Å². The quantitative estimate of drug-likeness (QED) is 0.861. The number of anilines is 1. The van der Waals surface area contributed by atoms with Gasteiger partial charge in [0.2, 0.25) is 0 Å². The minimum Gasteiger partial charge on any atom is -0.464 e. The summed E-state index contributed by atoms with van der Waals surface area (Å²) in [4.78, 5) is 20.2. The van der Waals surface area contributed by atoms with Gasteiger partial charge in [0.25, 0.3) is 0 Å². The molecular formula is C12H16N4O2S. The summed E-state index contributed by atoms with van der Waals surface area (Å²) >= 11 is 1.58. The molecule has 2 rings (SSSR count). The molecule has 0 spiro atoms. The molecule has 0 saturated heterocycles. The number of carbonyl (C=O) groups is 1. The van der Waals surface area contributed by atoms with E-state index in [-0.39, 0.29) is 5.69 Å². The molecule has 0 atom stereocenters. The van der Waals surface area contributed by atoms with Gasteiger partial charge in [-0.3, -0.25) is 0 Å². The van der Waals surface area contributed by atoms with Crippen LogP contribution in [0.5, 0.6) is 0 Å². The summed E-state index contributed by atoms with van der Waals surface area (Å²) in [7, 11) is 1.32. The summed E-state index contributed by atoms with van der Waals surface area (Å²) in [6.45, 7) is 4.43. The van der Waals surface area contributed by atoms with E-state index in [2.05, 4.69) is 14.7 Å². The lowest BCUT2D eigenvalue weighted by molar-refractivity contribution is 0.0595. The van der Waals surface area contributed by atoms with E-state index in [1.165, 1.54) is 7.11 Å². The molecule has 0 aliphatic heterocycles. The first kappa shape index (κ1) is 13.5. The van der Waals surface area contributed by atoms with Crippen LogP contribution >= 0.6 is 11.3 Å². The molecule has 0 aliphatic carbocycles. The van der Waals surface area contributed by atoms with E-state index in [9.17, 15) is 4.79 Å². The SMILES string of the molecule is CCc1nc(C(=O)OC)c(N)n1Cc1csc(C)n1. The topological polar surface area (TPSA) is 83.0 Å². The van der Waals surface area contributed by atoms with Crippen LogP contribution in [0.15, 0.2) is 5.38 Å². The second-order valence-corrected chi connectivity index (χ2v) is 5.11. The van der Waals surface area contributed by atoms with Crippen LogP contribution in [0, 0.1) is 6.92 Å². The summed E-state index contributed by atoms with van der Waals surface area (Å²) in [6.07, 6.45) is 0.685. The zero-order valence-electron chi connectivity index (χ0n) is 11.1. The van der Waals surface area contributed by atoms with Crippen molar-refractivity contribution in [1.29, 1.82) is 0 Å². The second-order valence-electron chi connectivity index (χ2n) is 4.05. The minimum atomic E-state index is -0.514. The fraction of sp³-hybridized carbons (Fsp3) is 0.417. The summed E-state index contributed by atoms with van der Waals surface area (Å²) < 4.78 is 6.48. The molecule has 0 saturated carbocycles. The van der Waals surface area contributed by atoms with E-state index in [0.29, 0.717) is 18.8 Å². The molecule has 0 radical (unpaired) electrons. The predicted octanol–water partition coefficient (Wildman–Crippen LogP) is 1.63. The van der Waals surface area contributed by atoms with E-state index in [1.807, 2.05) is 19.2 Å². The summed E-state index contributed by atoms with van der Waals surface area (Å²) in [5.41, 5.74) is 7.07. The van der Waals surface area contributed by atoms with Crippen LogP contribution < -0.4 is 5.73 Å². The van der Waals surface area contributed by atoms with Crippen molar-refractivity contribution in [2.45, 2.75) is 26.8 Å². The summed E-state index contributed by atoms with van der Waals surface area (Å²) in [5.74, 6) is 0.568. The van der Waals surface area contributed by atoms with E-state index in [0.717, 1.165) is 16.5 Å². The van der Waals surface area contributed by atoms with Crippen LogP contribution in [-0.4, -0.2) is 27.6 Å². The smallest absolute Gasteiger partial charge is 0.360 e. The number of ether oxygens (including phenoxy) is 1. The molecule has 7 heteroatoms. The number of methoxy groups -OCH3 is 1. The Morgan fingerprint density at radius 1 is 1.53 bits per heavy atom. The molecule has 2 aromatic rings. The molecule has 0 bridgehead atoms. The molecule has 0 amide bonds. The number of imidazole rings is 1. The molecule has 0 unspecified atom stereocenters. The van der Waals surface area contributed by atoms with Gasteiger partial charge in [0.1, 0.15) is 11.6 Å². The molecular weight excluding hydrogens is 264 g/mol. The Kier molecular flexibility index (Phi) is 3.84. The molecule has 0 fully saturated rings. The Hall–Kier alpha value is -1.89. The predicted molar refractivity (Wildman–Crippen MR) is 73.3 cm³/mol. The number of hydrogen-bond donors (Lipinski definition) is 1. The molecule has 2 N–H and O–H groups in total. The van der Waals surface area contributed by atoms with Crippen molar-refractivity contribution in [3.63, 3.8) is 0 Å². The first-order chi connectivity index (χ1) is 9.06. The molecule has 2 heterocycles. The molecule has 2 aromatic heterocycles. The average molecular weight is 280 g/mol. The lowest BCUT2D eigenvalue weighted by Gasteiger charge is -2.06. The minimum absolute atomic E-state index is 0.173. The van der Waals surface area contributed by atoms with Crippen molar-refractivity contribution in [2.75, 3.05) is 12.8 Å². The number of aromatic nitrogens is 3. The summed E-state index contributed by atoms with van der Waals surface area (Å²) in [5, 5.41) is 2.98. The van der Waals surface area contributed by atoms with E-state index < -0.39 is 5.97 Å². The largest absolute Gasteiger partial charge is 0.464 e. The third kappa shape index (κ3) is 2.60. The highest BCUT2D eigenvalue weighted by atomic mass is 32.1. The van der Waals surface area contributed by atoms with Gasteiger partial charge in [-0.05, 0) is 6.92 Å². The maximum atomic E-state index is 11.6. The normalized spacial score (nSPS) is 10.7. The van der Waals surface area contributed by atoms with Crippen LogP contribution in [0.3, 0.4) is 0 Å². The number of thiazole rings is 1. The Bertz CT molecular complexity index is 603. The van der Waals surface area contributed by atoms with Crippen molar-refractivity contribution in [1.82, 2.24) is 14.5 Å². The third-order valence-electron chi connectivity index (χ3n) is 2.77. The number of nitrogen functional groups attached to an aromatic ring is 1. The van der Waals surface area contributed by atoms with Gasteiger partial charge in [-0.25, -0.2) is 14.8 Å². The van der Waals surface area contributed by atoms with Gasteiger partial charge in [0.15, 0.2) is 5.69 Å². The zero-order valence-corrected chi connectivity index (χ0v) is 12.0. The Morgan fingerprint density at radius 3 is 2.79 bits per heavy atom. The van der Waals surface area contributed by atoms with Crippen molar-refractivity contribution in [2.24, 2.45) is 0 Å². The van der Waals surface area contributed by atoms with Gasteiger partial charge in [-0.1, -0.05) is 6.92 Å². The highest BCUT2D eigenvalue weighted by molar-refractivity contribution is 7.09. The number of esters is 1. The number of nitrogens with zero attached hydrogens (tertiary/aromatic N) is 3. The third-order valence-corrected chi connectivity index (χ3v) is 3.59. The zero-order chi connectivity index (χ0) is 14.0. The van der Waals surface area contributed by atoms with Gasteiger partial charge < -0.3 is 15.0 Å². The van der Waals surface area contributed by atoms with Gasteiger partial charge in [-0.15, -0.1) is 11.3 Å². The van der Waals surface area contributed by atoms with Gasteiger partial charge >= 0.3 is 5.97 Å². The van der Waals surface area contributed by atoms with Crippen LogP contribution in [0.25, 0.3) is 0 Å². The Labute approximate surface area is 115 Å². The molecule has 6 nitrogen and oxygen atoms in total. The van der Waals surface area contributed by atoms with Crippen LogP contribution in [0.1, 0.15) is 33.9 Å². The first-order valence-corrected chi connectivity index (χ1v) is 6.79. The lowest BCUT2D eigenvalue weighted by atomic mass is 10.4. The van der Waals surface area contributed by atoms with Crippen molar-refractivity contribution in [3.05, 3.63) is 27.6 Å². The number of hydrogen-bond acceptors (Lipinski definition) is 6. The maximum Gasteiger partial charge on any atom is 0.360 e. The molecule has 19 heavy (non-hydrogen) atoms. The number of rotatable bonds is 4. The maximum absolute atomic E-state index is 11.6. The number of aryl methyl sites for hydroxylation is 2. The molecule has 0 aliphatic rings. The van der Waals surface area contributed by atoms with E-state index in [4.69, 9.17) is 5.73 Å². The first-order valence-electron chi connectivity index (χ1n) is 5.91. The van der Waals surface area contributed by atoms with Crippen molar-refractivity contribution >= 4 is 23.1 Å². The lowest BCUT2D eigenvalue weighted by Crippen LogP contribution is -2.10. The van der Waals surface area contributed by atoms with Crippen LogP contribution in [0.2, 0.25) is 0 Å².